The van der Waals surface area contributed by atoms with Crippen LogP contribution in [0.25, 0.3) is 77.5 Å². The van der Waals surface area contributed by atoms with Crippen molar-refractivity contribution >= 4 is 68.0 Å². The van der Waals surface area contributed by atoms with Gasteiger partial charge in [-0.2, -0.15) is 12.6 Å². The van der Waals surface area contributed by atoms with E-state index in [1.54, 1.807) is 26.0 Å². The molecule has 0 aliphatic rings. The van der Waals surface area contributed by atoms with Crippen LogP contribution in [0.3, 0.4) is 0 Å². The summed E-state index contributed by atoms with van der Waals surface area (Å²) in [6.45, 7) is 0. The van der Waals surface area contributed by atoms with Crippen molar-refractivity contribution in [1.29, 1.82) is 0 Å². The summed E-state index contributed by atoms with van der Waals surface area (Å²) in [5.74, 6) is 2.19. The smallest absolute Gasteiger partial charge is 0.540 e. The monoisotopic (exact) mass is 985 g/mol. The van der Waals surface area contributed by atoms with Crippen LogP contribution >= 0.6 is 24.4 Å². The van der Waals surface area contributed by atoms with E-state index in [0.717, 1.165) is 73.0 Å². The zero-order chi connectivity index (χ0) is 39.6. The molecule has 10 aromatic rings. The third-order valence-electron chi connectivity index (χ3n) is 10.4. The van der Waals surface area contributed by atoms with Gasteiger partial charge in [-0.3, -0.25) is 0 Å². The Morgan fingerprint density at radius 1 is 0.559 bits per heavy atom. The molecule has 0 aliphatic heterocycles. The molecule has 0 saturated heterocycles. The maximum atomic E-state index is 5.54. The average molecular weight is 986 g/mol. The molecule has 4 heterocycles. The topological polar surface area (TPSA) is 54.1 Å². The molecule has 0 fully saturated rings. The minimum atomic E-state index is 0. The van der Waals surface area contributed by atoms with Crippen LogP contribution in [0.5, 0.6) is 11.5 Å². The van der Waals surface area contributed by atoms with Crippen molar-refractivity contribution in [2.24, 2.45) is 0 Å². The number of aromatic nitrogens is 4. The van der Waals surface area contributed by atoms with Crippen molar-refractivity contribution in [3.05, 3.63) is 176 Å². The van der Waals surface area contributed by atoms with E-state index in [-0.39, 0.29) is 21.1 Å². The van der Waals surface area contributed by atoms with E-state index in [0.29, 0.717) is 5.75 Å². The first-order chi connectivity index (χ1) is 28.6. The van der Waals surface area contributed by atoms with Crippen LogP contribution in [-0.4, -0.2) is 39.6 Å². The van der Waals surface area contributed by atoms with Gasteiger partial charge < -0.3 is 28.6 Å². The van der Waals surface area contributed by atoms with E-state index < -0.39 is 0 Å². The fourth-order valence-electron chi connectivity index (χ4n) is 7.68. The molecule has 0 radical (unpaired) electrons. The Balaban J connectivity index is 0.000000161. The Labute approximate surface area is 367 Å². The van der Waals surface area contributed by atoms with E-state index in [4.69, 9.17) is 9.47 Å². The van der Waals surface area contributed by atoms with Crippen LogP contribution in [-0.2, 0) is 26.8 Å². The standard InChI is InChI=1S/2C25H19N2OS.Pt/c1-28-17-11-12-21(22-16-18(29-2)13-14-26-22)25(15-17)27-23-9-5-3-7-19(23)20-8-4-6-10-24(20)27;1-28-18-10-11-21(22-14-17(16-29)12-13-26-22)25(15-18)27-23-8-4-2-6-19(23)20-7-3-5-9-24(20)27;/h3-11,13-16H,1-2H3;2-10,12-15,29H,16H2,1H3;/q2*-1;+2. The minimum absolute atomic E-state index is 0. The largest absolute Gasteiger partial charge is 2.00 e. The van der Waals surface area contributed by atoms with Gasteiger partial charge in [-0.05, 0) is 71.0 Å². The molecule has 10 rings (SSSR count). The molecule has 0 N–H and O–H groups in total. The first-order valence-corrected chi connectivity index (χ1v) is 20.7. The SMILES string of the molecule is COc1c[c-]c(-c2cc(CS)ccn2)c(-n2c3ccccc3c3ccccc32)c1.COc1c[c-]c(-c2cc(SC)ccn2)c(-n2c3ccccc3c3ccccc32)c1.[Pt+2]. The van der Waals surface area contributed by atoms with Crippen LogP contribution in [0.1, 0.15) is 5.56 Å². The summed E-state index contributed by atoms with van der Waals surface area (Å²) in [4.78, 5) is 10.4. The summed E-state index contributed by atoms with van der Waals surface area (Å²) in [5.41, 5.74) is 11.4. The Hall–Kier alpha value is -5.79. The van der Waals surface area contributed by atoms with Crippen LogP contribution in [0, 0.1) is 12.1 Å². The van der Waals surface area contributed by atoms with Gasteiger partial charge >= 0.3 is 21.1 Å². The maximum absolute atomic E-state index is 5.54. The number of hydrogen-bond donors (Lipinski definition) is 1. The van der Waals surface area contributed by atoms with Gasteiger partial charge in [-0.25, -0.2) is 0 Å². The summed E-state index contributed by atoms with van der Waals surface area (Å²) in [5, 5.41) is 4.88. The molecule has 9 heteroatoms. The minimum Gasteiger partial charge on any atom is -0.540 e. The second-order valence-electron chi connectivity index (χ2n) is 13.6. The Morgan fingerprint density at radius 2 is 0.966 bits per heavy atom. The molecule has 0 amide bonds. The first kappa shape index (κ1) is 40.0. The zero-order valence-corrected chi connectivity index (χ0v) is 36.5. The van der Waals surface area contributed by atoms with E-state index >= 15 is 0 Å². The summed E-state index contributed by atoms with van der Waals surface area (Å²) in [6, 6.07) is 56.8. The molecule has 0 spiro atoms. The number of para-hydroxylation sites is 4. The van der Waals surface area contributed by atoms with Crippen molar-refractivity contribution in [3.63, 3.8) is 0 Å². The van der Waals surface area contributed by atoms with Gasteiger partial charge in [0.05, 0.1) is 14.2 Å². The molecular weight excluding hydrogens is 948 g/mol. The zero-order valence-electron chi connectivity index (χ0n) is 32.5. The van der Waals surface area contributed by atoms with Gasteiger partial charge in [0.25, 0.3) is 0 Å². The number of nitrogens with zero attached hydrogens (tertiary/aromatic N) is 4. The Kier molecular flexibility index (Phi) is 11.9. The van der Waals surface area contributed by atoms with Crippen molar-refractivity contribution < 1.29 is 30.5 Å². The molecule has 4 aromatic heterocycles. The fourth-order valence-corrected chi connectivity index (χ4v) is 8.30. The molecule has 0 unspecified atom stereocenters. The van der Waals surface area contributed by atoms with Gasteiger partial charge in [0, 0.05) is 78.2 Å². The molecule has 6 nitrogen and oxygen atoms in total. The number of methoxy groups -OCH3 is 2. The number of thioether (sulfide) groups is 1. The van der Waals surface area contributed by atoms with E-state index in [9.17, 15) is 0 Å². The molecule has 0 aliphatic carbocycles. The molecular formula is C50H38N4O2PtS2. The number of rotatable bonds is 8. The second-order valence-corrected chi connectivity index (χ2v) is 14.8. The van der Waals surface area contributed by atoms with Gasteiger partial charge in [0.2, 0.25) is 0 Å². The third kappa shape index (κ3) is 7.53. The van der Waals surface area contributed by atoms with Crippen LogP contribution < -0.4 is 9.47 Å². The van der Waals surface area contributed by atoms with Crippen LogP contribution in [0.4, 0.5) is 0 Å². The average Bonchev–Trinajstić information content (AvgIpc) is 3.82. The van der Waals surface area contributed by atoms with Crippen molar-refractivity contribution in [3.8, 4) is 45.4 Å². The number of benzene rings is 6. The molecule has 59 heavy (non-hydrogen) atoms. The molecule has 6 aromatic carbocycles. The van der Waals surface area contributed by atoms with E-state index in [1.165, 1.54) is 26.4 Å². The van der Waals surface area contributed by atoms with Crippen molar-refractivity contribution in [1.82, 2.24) is 19.1 Å². The van der Waals surface area contributed by atoms with Crippen LogP contribution in [0.15, 0.2) is 163 Å². The quantitative estimate of drug-likeness (QED) is 0.0934. The van der Waals surface area contributed by atoms with Gasteiger partial charge in [0.1, 0.15) is 0 Å². The van der Waals surface area contributed by atoms with Crippen molar-refractivity contribution in [2.75, 3.05) is 20.5 Å². The normalized spacial score (nSPS) is 11.1. The van der Waals surface area contributed by atoms with E-state index in [2.05, 4.69) is 171 Å². The summed E-state index contributed by atoms with van der Waals surface area (Å²) >= 11 is 6.13. The number of pyridine rings is 2. The van der Waals surface area contributed by atoms with Crippen LogP contribution in [0.2, 0.25) is 0 Å². The number of hydrogen-bond acceptors (Lipinski definition) is 6. The van der Waals surface area contributed by atoms with E-state index in [1.807, 2.05) is 36.7 Å². The third-order valence-corrected chi connectivity index (χ3v) is 11.5. The Morgan fingerprint density at radius 3 is 1.37 bits per heavy atom. The predicted molar refractivity (Wildman–Crippen MR) is 243 cm³/mol. The number of thiol groups is 1. The molecule has 0 bridgehead atoms. The first-order valence-electron chi connectivity index (χ1n) is 18.8. The number of ether oxygens (including phenoxy) is 2. The van der Waals surface area contributed by atoms with Crippen molar-refractivity contribution in [2.45, 2.75) is 10.6 Å². The molecule has 0 atom stereocenters. The fraction of sp³-hybridized carbons (Fsp3) is 0.0800. The summed E-state index contributed by atoms with van der Waals surface area (Å²) < 4.78 is 15.6. The summed E-state index contributed by atoms with van der Waals surface area (Å²) in [7, 11) is 3.36. The second kappa shape index (κ2) is 17.6. The predicted octanol–water partition coefficient (Wildman–Crippen LogP) is 12.5. The number of fused-ring (bicyclic) bond motifs is 6. The van der Waals surface area contributed by atoms with Gasteiger partial charge in [0.15, 0.2) is 0 Å². The molecule has 292 valence electrons. The Bertz CT molecular complexity index is 2790. The summed E-state index contributed by atoms with van der Waals surface area (Å²) in [6.07, 6.45) is 5.76. The van der Waals surface area contributed by atoms with Gasteiger partial charge in [-0.1, -0.05) is 97.1 Å². The van der Waals surface area contributed by atoms with Gasteiger partial charge in [-0.15, -0.1) is 47.2 Å². The molecule has 0 saturated carbocycles. The maximum Gasteiger partial charge on any atom is 2.00 e.